The van der Waals surface area contributed by atoms with E-state index in [-0.39, 0.29) is 6.42 Å². The Labute approximate surface area is 83.7 Å². The van der Waals surface area contributed by atoms with Crippen molar-refractivity contribution in [2.24, 2.45) is 5.10 Å². The molecule has 88 valence electrons. The number of hydrogen-bond donors (Lipinski definition) is 0. The highest BCUT2D eigenvalue weighted by Gasteiger charge is 2.62. The summed E-state index contributed by atoms with van der Waals surface area (Å²) < 4.78 is 61.7. The molecule has 0 radical (unpaired) electrons. The Kier molecular flexibility index (Phi) is 2.93. The fourth-order valence-electron chi connectivity index (χ4n) is 1.42. The molecule has 0 aromatic heterocycles. The van der Waals surface area contributed by atoms with Crippen LogP contribution in [0.2, 0.25) is 0 Å². The van der Waals surface area contributed by atoms with Crippen molar-refractivity contribution >= 4 is 5.71 Å². The highest BCUT2D eigenvalue weighted by Crippen LogP contribution is 2.39. The molecule has 0 aromatic carbocycles. The lowest BCUT2D eigenvalue weighted by atomic mass is 10.1. The van der Waals surface area contributed by atoms with E-state index in [9.17, 15) is 22.0 Å². The highest BCUT2D eigenvalue weighted by molar-refractivity contribution is 5.93. The van der Waals surface area contributed by atoms with Gasteiger partial charge in [0.05, 0.1) is 0 Å². The van der Waals surface area contributed by atoms with Crippen LogP contribution in [0.25, 0.3) is 0 Å². The Balaban J connectivity index is 2.91. The third-order valence-electron chi connectivity index (χ3n) is 2.29. The first-order valence-electron chi connectivity index (χ1n) is 4.49. The Morgan fingerprint density at radius 2 is 1.87 bits per heavy atom. The molecule has 0 saturated carbocycles. The maximum atomic E-state index is 12.8. The number of rotatable bonds is 2. The summed E-state index contributed by atoms with van der Waals surface area (Å²) in [6, 6.07) is -0.404. The average molecular weight is 230 g/mol. The van der Waals surface area contributed by atoms with Crippen LogP contribution in [0.5, 0.6) is 0 Å². The van der Waals surface area contributed by atoms with Crippen molar-refractivity contribution in [1.82, 2.24) is 5.01 Å². The Morgan fingerprint density at radius 3 is 2.20 bits per heavy atom. The zero-order chi connectivity index (χ0) is 11.9. The van der Waals surface area contributed by atoms with Gasteiger partial charge in [-0.3, -0.25) is 5.01 Å². The summed E-state index contributed by atoms with van der Waals surface area (Å²) >= 11 is 0. The van der Waals surface area contributed by atoms with Crippen LogP contribution in [-0.2, 0) is 0 Å². The third-order valence-corrected chi connectivity index (χ3v) is 2.29. The molecule has 0 aliphatic carbocycles. The van der Waals surface area contributed by atoms with E-state index in [1.54, 1.807) is 13.8 Å². The van der Waals surface area contributed by atoms with E-state index in [4.69, 9.17) is 0 Å². The van der Waals surface area contributed by atoms with Crippen molar-refractivity contribution in [2.75, 3.05) is 6.54 Å². The van der Waals surface area contributed by atoms with Crippen LogP contribution in [0.3, 0.4) is 0 Å². The Bertz CT molecular complexity index is 271. The zero-order valence-electron chi connectivity index (χ0n) is 8.28. The molecule has 0 spiro atoms. The molecule has 0 fully saturated rings. The van der Waals surface area contributed by atoms with E-state index < -0.39 is 23.9 Å². The van der Waals surface area contributed by atoms with Crippen LogP contribution in [0.1, 0.15) is 20.3 Å². The van der Waals surface area contributed by atoms with Crippen LogP contribution >= 0.6 is 0 Å². The third kappa shape index (κ3) is 2.05. The summed E-state index contributed by atoms with van der Waals surface area (Å²) in [6.45, 7) is 3.53. The van der Waals surface area contributed by atoms with Crippen molar-refractivity contribution in [3.8, 4) is 0 Å². The van der Waals surface area contributed by atoms with Gasteiger partial charge in [0.2, 0.25) is 0 Å². The number of nitrogens with zero attached hydrogens (tertiary/aromatic N) is 2. The molecule has 1 atom stereocenters. The molecule has 1 unspecified atom stereocenters. The standard InChI is InChI=1S/C8H11F5N2/c1-3-15-5(2)4-6(14-15)7(9,10)8(11,12)13/h5H,3-4H2,1-2H3. The van der Waals surface area contributed by atoms with Gasteiger partial charge in [-0.05, 0) is 13.8 Å². The van der Waals surface area contributed by atoms with Gasteiger partial charge >= 0.3 is 12.1 Å². The molecule has 0 N–H and O–H groups in total. The lowest BCUT2D eigenvalue weighted by molar-refractivity contribution is -0.249. The predicted molar refractivity (Wildman–Crippen MR) is 44.9 cm³/mol. The van der Waals surface area contributed by atoms with Crippen molar-refractivity contribution in [3.05, 3.63) is 0 Å². The number of hydrazone groups is 1. The van der Waals surface area contributed by atoms with E-state index in [2.05, 4.69) is 5.10 Å². The monoisotopic (exact) mass is 230 g/mol. The minimum absolute atomic E-state index is 0.318. The average Bonchev–Trinajstić information content (AvgIpc) is 2.45. The van der Waals surface area contributed by atoms with Crippen LogP contribution in [-0.4, -0.2) is 35.4 Å². The molecule has 0 amide bonds. The summed E-state index contributed by atoms with van der Waals surface area (Å²) in [5, 5.41) is 4.54. The maximum Gasteiger partial charge on any atom is 0.459 e. The Morgan fingerprint density at radius 1 is 1.33 bits per heavy atom. The molecule has 1 rings (SSSR count). The van der Waals surface area contributed by atoms with Gasteiger partial charge < -0.3 is 0 Å². The van der Waals surface area contributed by atoms with Gasteiger partial charge in [-0.25, -0.2) is 0 Å². The van der Waals surface area contributed by atoms with Gasteiger partial charge in [0.25, 0.3) is 0 Å². The molecule has 1 aliphatic rings. The minimum Gasteiger partial charge on any atom is -0.294 e. The first-order chi connectivity index (χ1) is 6.70. The van der Waals surface area contributed by atoms with E-state index in [1.165, 1.54) is 5.01 Å². The smallest absolute Gasteiger partial charge is 0.294 e. The second kappa shape index (κ2) is 3.61. The fraction of sp³-hybridized carbons (Fsp3) is 0.875. The topological polar surface area (TPSA) is 15.6 Å². The summed E-state index contributed by atoms with van der Waals surface area (Å²) in [5.41, 5.74) is -1.09. The second-order valence-corrected chi connectivity index (χ2v) is 3.43. The van der Waals surface area contributed by atoms with Crippen LogP contribution in [0, 0.1) is 0 Å². The quantitative estimate of drug-likeness (QED) is 0.666. The number of alkyl halides is 5. The van der Waals surface area contributed by atoms with Gasteiger partial charge in [-0.2, -0.15) is 27.1 Å². The molecular formula is C8H11F5N2. The van der Waals surface area contributed by atoms with Crippen LogP contribution in [0.4, 0.5) is 22.0 Å². The normalized spacial score (nSPS) is 23.3. The van der Waals surface area contributed by atoms with Crippen molar-refractivity contribution < 1.29 is 22.0 Å². The lowest BCUT2D eigenvalue weighted by Gasteiger charge is -2.18. The minimum atomic E-state index is -5.56. The molecule has 7 heteroatoms. The van der Waals surface area contributed by atoms with E-state index in [0.29, 0.717) is 6.54 Å². The van der Waals surface area contributed by atoms with Crippen LogP contribution in [0.15, 0.2) is 5.10 Å². The molecule has 0 aromatic rings. The summed E-state index contributed by atoms with van der Waals surface area (Å²) in [5.74, 6) is -4.81. The number of halogens is 5. The van der Waals surface area contributed by atoms with Gasteiger partial charge in [0.1, 0.15) is 5.71 Å². The largest absolute Gasteiger partial charge is 0.459 e. The molecule has 15 heavy (non-hydrogen) atoms. The first kappa shape index (κ1) is 12.2. The Hall–Kier alpha value is -0.880. The zero-order valence-corrected chi connectivity index (χ0v) is 8.28. The van der Waals surface area contributed by atoms with Gasteiger partial charge in [0, 0.05) is 19.0 Å². The van der Waals surface area contributed by atoms with Gasteiger partial charge in [-0.1, -0.05) is 0 Å². The highest BCUT2D eigenvalue weighted by atomic mass is 19.4. The van der Waals surface area contributed by atoms with E-state index in [0.717, 1.165) is 0 Å². The van der Waals surface area contributed by atoms with Crippen molar-refractivity contribution in [2.45, 2.75) is 38.4 Å². The van der Waals surface area contributed by atoms with Crippen molar-refractivity contribution in [3.63, 3.8) is 0 Å². The molecule has 0 saturated heterocycles. The van der Waals surface area contributed by atoms with Crippen LogP contribution < -0.4 is 0 Å². The van der Waals surface area contributed by atoms with Crippen molar-refractivity contribution in [1.29, 1.82) is 0 Å². The maximum absolute atomic E-state index is 12.8. The molecule has 1 aliphatic heterocycles. The summed E-state index contributed by atoms with van der Waals surface area (Å²) in [4.78, 5) is 0. The van der Waals surface area contributed by atoms with Gasteiger partial charge in [-0.15, -0.1) is 0 Å². The number of hydrogen-bond acceptors (Lipinski definition) is 2. The predicted octanol–water partition coefficient (Wildman–Crippen LogP) is 2.65. The molecule has 2 nitrogen and oxygen atoms in total. The SMILES string of the molecule is CCN1N=C(C(F)(F)C(F)(F)F)CC1C. The van der Waals surface area contributed by atoms with E-state index in [1.807, 2.05) is 0 Å². The second-order valence-electron chi connectivity index (χ2n) is 3.43. The molecule has 1 heterocycles. The van der Waals surface area contributed by atoms with Gasteiger partial charge in [0.15, 0.2) is 0 Å². The fourth-order valence-corrected chi connectivity index (χ4v) is 1.42. The van der Waals surface area contributed by atoms with E-state index >= 15 is 0 Å². The summed E-state index contributed by atoms with van der Waals surface area (Å²) in [6.07, 6.45) is -5.91. The molecular weight excluding hydrogens is 219 g/mol. The summed E-state index contributed by atoms with van der Waals surface area (Å²) in [7, 11) is 0. The first-order valence-corrected chi connectivity index (χ1v) is 4.49. The lowest BCUT2D eigenvalue weighted by Crippen LogP contribution is -2.43. The molecule has 0 bridgehead atoms.